The van der Waals surface area contributed by atoms with Crippen molar-refractivity contribution in [3.8, 4) is 0 Å². The van der Waals surface area contributed by atoms with Crippen LogP contribution in [0.1, 0.15) is 13.3 Å². The van der Waals surface area contributed by atoms with Crippen molar-refractivity contribution in [2.75, 3.05) is 16.8 Å². The zero-order chi connectivity index (χ0) is 17.7. The molecule has 0 atom stereocenters. The Hall–Kier alpha value is -2.47. The molecule has 0 radical (unpaired) electrons. The molecule has 0 saturated heterocycles. The first kappa shape index (κ1) is 17.9. The zero-order valence-electron chi connectivity index (χ0n) is 12.9. The van der Waals surface area contributed by atoms with Gasteiger partial charge in [-0.2, -0.15) is 0 Å². The van der Waals surface area contributed by atoms with Crippen molar-refractivity contribution >= 4 is 34.8 Å². The highest BCUT2D eigenvalue weighted by Crippen LogP contribution is 2.21. The molecule has 7 heteroatoms. The number of carbonyl (C=O) groups is 2. The van der Waals surface area contributed by atoms with Gasteiger partial charge in [-0.1, -0.05) is 11.6 Å². The van der Waals surface area contributed by atoms with E-state index in [0.717, 1.165) is 11.0 Å². The smallest absolute Gasteiger partial charge is 0.226 e. The molecule has 2 amide bonds. The Balaban J connectivity index is 2.02. The quantitative estimate of drug-likeness (QED) is 0.884. The third-order valence-electron chi connectivity index (χ3n) is 3.27. The highest BCUT2D eigenvalue weighted by atomic mass is 35.5. The van der Waals surface area contributed by atoms with Crippen LogP contribution in [0, 0.1) is 11.6 Å². The number of rotatable bonds is 5. The Bertz CT molecular complexity index is 751. The van der Waals surface area contributed by atoms with Gasteiger partial charge < -0.3 is 10.2 Å². The highest BCUT2D eigenvalue weighted by molar-refractivity contribution is 6.30. The maximum atomic E-state index is 13.8. The number of nitrogens with zero attached hydrogens (tertiary/aromatic N) is 1. The van der Waals surface area contributed by atoms with Crippen LogP contribution in [0.25, 0.3) is 0 Å². The Morgan fingerprint density at radius 2 is 1.79 bits per heavy atom. The van der Waals surface area contributed by atoms with Crippen molar-refractivity contribution in [2.24, 2.45) is 0 Å². The minimum atomic E-state index is -0.858. The molecule has 0 aliphatic carbocycles. The van der Waals surface area contributed by atoms with E-state index in [1.165, 1.54) is 13.0 Å². The average molecular weight is 353 g/mol. The number of benzene rings is 2. The molecule has 126 valence electrons. The van der Waals surface area contributed by atoms with Crippen molar-refractivity contribution in [3.63, 3.8) is 0 Å². The second-order valence-corrected chi connectivity index (χ2v) is 5.51. The van der Waals surface area contributed by atoms with Gasteiger partial charge in [-0.25, -0.2) is 8.78 Å². The number of carbonyl (C=O) groups excluding carboxylic acids is 2. The second kappa shape index (κ2) is 7.88. The summed E-state index contributed by atoms with van der Waals surface area (Å²) >= 11 is 5.76. The molecule has 0 spiro atoms. The summed E-state index contributed by atoms with van der Waals surface area (Å²) in [6.45, 7) is 1.22. The zero-order valence-corrected chi connectivity index (χ0v) is 13.6. The molecule has 2 aromatic rings. The van der Waals surface area contributed by atoms with E-state index in [9.17, 15) is 18.4 Å². The van der Waals surface area contributed by atoms with Crippen LogP contribution >= 0.6 is 11.6 Å². The van der Waals surface area contributed by atoms with Gasteiger partial charge in [-0.05, 0) is 36.4 Å². The Labute approximate surface area is 143 Å². The van der Waals surface area contributed by atoms with Crippen LogP contribution in [0.15, 0.2) is 42.5 Å². The topological polar surface area (TPSA) is 49.4 Å². The lowest BCUT2D eigenvalue weighted by molar-refractivity contribution is -0.117. The first-order chi connectivity index (χ1) is 11.4. The number of nitrogens with one attached hydrogen (secondary N) is 1. The molecule has 0 fully saturated rings. The largest absolute Gasteiger partial charge is 0.326 e. The molecule has 0 saturated carbocycles. The fourth-order valence-electron chi connectivity index (χ4n) is 2.12. The van der Waals surface area contributed by atoms with Gasteiger partial charge in [-0.3, -0.25) is 9.59 Å². The van der Waals surface area contributed by atoms with Crippen LogP contribution in [-0.2, 0) is 9.59 Å². The molecule has 2 aromatic carbocycles. The van der Waals surface area contributed by atoms with Crippen LogP contribution in [0.3, 0.4) is 0 Å². The van der Waals surface area contributed by atoms with Gasteiger partial charge in [-0.15, -0.1) is 0 Å². The summed E-state index contributed by atoms with van der Waals surface area (Å²) in [4.78, 5) is 24.8. The summed E-state index contributed by atoms with van der Waals surface area (Å²) in [5.74, 6) is -2.38. The summed E-state index contributed by atoms with van der Waals surface area (Å²) in [6.07, 6.45) is -0.0426. The van der Waals surface area contributed by atoms with E-state index in [0.29, 0.717) is 16.8 Å². The van der Waals surface area contributed by atoms with Crippen LogP contribution < -0.4 is 10.2 Å². The molecule has 0 unspecified atom stereocenters. The second-order valence-electron chi connectivity index (χ2n) is 5.07. The number of anilines is 2. The predicted molar refractivity (Wildman–Crippen MR) is 89.1 cm³/mol. The van der Waals surface area contributed by atoms with Gasteiger partial charge in [0.25, 0.3) is 0 Å². The van der Waals surface area contributed by atoms with E-state index in [4.69, 9.17) is 11.6 Å². The van der Waals surface area contributed by atoms with Crippen LogP contribution in [0.2, 0.25) is 5.02 Å². The van der Waals surface area contributed by atoms with Crippen LogP contribution in [0.4, 0.5) is 20.2 Å². The first-order valence-corrected chi connectivity index (χ1v) is 7.53. The molecule has 0 aliphatic heterocycles. The summed E-state index contributed by atoms with van der Waals surface area (Å²) in [7, 11) is 0. The summed E-state index contributed by atoms with van der Waals surface area (Å²) < 4.78 is 26.8. The maximum Gasteiger partial charge on any atom is 0.226 e. The van der Waals surface area contributed by atoms with E-state index in [1.54, 1.807) is 24.3 Å². The van der Waals surface area contributed by atoms with E-state index < -0.39 is 17.5 Å². The molecule has 2 rings (SSSR count). The molecule has 0 heterocycles. The minimum absolute atomic E-state index is 0.0304. The summed E-state index contributed by atoms with van der Waals surface area (Å²) in [5, 5.41) is 3.19. The molecule has 0 aliphatic rings. The third-order valence-corrected chi connectivity index (χ3v) is 3.52. The summed E-state index contributed by atoms with van der Waals surface area (Å²) in [6, 6.07) is 9.47. The monoisotopic (exact) mass is 352 g/mol. The summed E-state index contributed by atoms with van der Waals surface area (Å²) in [5.41, 5.74) is 0.495. The number of amides is 2. The molecular weight excluding hydrogens is 338 g/mol. The number of halogens is 3. The van der Waals surface area contributed by atoms with Crippen molar-refractivity contribution in [2.45, 2.75) is 13.3 Å². The molecular formula is C17H15ClF2N2O2. The van der Waals surface area contributed by atoms with E-state index in [2.05, 4.69) is 5.32 Å². The van der Waals surface area contributed by atoms with Gasteiger partial charge in [0.2, 0.25) is 11.8 Å². The van der Waals surface area contributed by atoms with Crippen molar-refractivity contribution < 1.29 is 18.4 Å². The van der Waals surface area contributed by atoms with E-state index in [-0.39, 0.29) is 24.6 Å². The molecule has 1 N–H and O–H groups in total. The van der Waals surface area contributed by atoms with Gasteiger partial charge >= 0.3 is 0 Å². The predicted octanol–water partition coefficient (Wildman–Crippen LogP) is 4.00. The van der Waals surface area contributed by atoms with Crippen molar-refractivity contribution in [1.29, 1.82) is 0 Å². The Morgan fingerprint density at radius 3 is 2.38 bits per heavy atom. The first-order valence-electron chi connectivity index (χ1n) is 7.15. The van der Waals surface area contributed by atoms with Crippen LogP contribution in [0.5, 0.6) is 0 Å². The van der Waals surface area contributed by atoms with Crippen LogP contribution in [-0.4, -0.2) is 18.4 Å². The Kier molecular flexibility index (Phi) is 5.87. The lowest BCUT2D eigenvalue weighted by atomic mass is 10.2. The van der Waals surface area contributed by atoms with Gasteiger partial charge in [0, 0.05) is 36.7 Å². The third kappa shape index (κ3) is 4.76. The van der Waals surface area contributed by atoms with Crippen molar-refractivity contribution in [3.05, 3.63) is 59.1 Å². The van der Waals surface area contributed by atoms with Gasteiger partial charge in [0.15, 0.2) is 0 Å². The fourth-order valence-corrected chi connectivity index (χ4v) is 2.24. The molecule has 0 aromatic heterocycles. The average Bonchev–Trinajstić information content (AvgIpc) is 2.51. The number of hydrogen-bond acceptors (Lipinski definition) is 2. The lowest BCUT2D eigenvalue weighted by Gasteiger charge is -2.21. The maximum absolute atomic E-state index is 13.8. The van der Waals surface area contributed by atoms with E-state index in [1.807, 2.05) is 0 Å². The minimum Gasteiger partial charge on any atom is -0.326 e. The molecule has 0 bridgehead atoms. The lowest BCUT2D eigenvalue weighted by Crippen LogP contribution is -2.32. The normalized spacial score (nSPS) is 10.3. The Morgan fingerprint density at radius 1 is 1.12 bits per heavy atom. The molecule has 4 nitrogen and oxygen atoms in total. The van der Waals surface area contributed by atoms with Crippen molar-refractivity contribution in [1.82, 2.24) is 0 Å². The number of hydrogen-bond donors (Lipinski definition) is 1. The van der Waals surface area contributed by atoms with Gasteiger partial charge in [0.1, 0.15) is 11.6 Å². The van der Waals surface area contributed by atoms with E-state index >= 15 is 0 Å². The molecule has 24 heavy (non-hydrogen) atoms. The van der Waals surface area contributed by atoms with Gasteiger partial charge in [0.05, 0.1) is 5.69 Å². The SMILES string of the molecule is CC(=O)N(CCC(=O)Nc1ccc(Cl)cc1)c1ccc(F)cc1F. The fraction of sp³-hybridized carbons (Fsp3) is 0.176. The standard InChI is InChI=1S/C17H15ClF2N2O2/c1-11(23)22(16-7-4-13(19)10-15(16)20)9-8-17(24)21-14-5-2-12(18)3-6-14/h2-7,10H,8-9H2,1H3,(H,21,24). The highest BCUT2D eigenvalue weighted by Gasteiger charge is 2.17.